The van der Waals surface area contributed by atoms with Crippen molar-refractivity contribution in [3.05, 3.63) is 67.9 Å². The molecular formula is C22H29N3O5. The summed E-state index contributed by atoms with van der Waals surface area (Å²) in [6.45, 7) is 6.05. The largest absolute Gasteiger partial charge is 0.505 e. The van der Waals surface area contributed by atoms with Crippen LogP contribution in [-0.2, 0) is 6.54 Å². The standard InChI is InChI=1S/C17H14N2O5.C3H9N.C2H6/c1-9-5-6-11(24-9)7-18-13-14(17(23)16(13)22)19-12-4-2-3-10(8-20)15(12)21;1-4(2)3;1-2/h2-6,8,18-19,21H,7H2,1H3;1-3H3;1-2H3. The van der Waals surface area contributed by atoms with Crippen molar-refractivity contribution in [3.8, 4) is 5.75 Å². The fourth-order valence-electron chi connectivity index (χ4n) is 2.33. The van der Waals surface area contributed by atoms with Gasteiger partial charge < -0.3 is 25.1 Å². The second kappa shape index (κ2) is 11.6. The van der Waals surface area contributed by atoms with Gasteiger partial charge in [-0.15, -0.1) is 0 Å². The lowest BCUT2D eigenvalue weighted by molar-refractivity contribution is 0.112. The predicted molar refractivity (Wildman–Crippen MR) is 120 cm³/mol. The number of aldehydes is 1. The van der Waals surface area contributed by atoms with Gasteiger partial charge in [-0.25, -0.2) is 0 Å². The molecule has 0 aliphatic carbocycles. The number of hydrogen-bond acceptors (Lipinski definition) is 8. The van der Waals surface area contributed by atoms with Gasteiger partial charge in [-0.3, -0.25) is 14.4 Å². The summed E-state index contributed by atoms with van der Waals surface area (Å²) in [5.41, 5.74) is -0.926. The first-order chi connectivity index (χ1) is 14.2. The number of aromatic hydroxyl groups is 1. The highest BCUT2D eigenvalue weighted by molar-refractivity contribution is 5.87. The second-order valence-electron chi connectivity index (χ2n) is 6.60. The summed E-state index contributed by atoms with van der Waals surface area (Å²) in [4.78, 5) is 36.4. The van der Waals surface area contributed by atoms with E-state index in [2.05, 4.69) is 10.6 Å². The van der Waals surface area contributed by atoms with Crippen molar-refractivity contribution in [2.75, 3.05) is 31.8 Å². The number of phenolic OH excluding ortho intramolecular Hbond substituents is 1. The van der Waals surface area contributed by atoms with Crippen LogP contribution in [0.5, 0.6) is 5.75 Å². The van der Waals surface area contributed by atoms with Gasteiger partial charge in [0.2, 0.25) is 0 Å². The molecule has 30 heavy (non-hydrogen) atoms. The Hall–Kier alpha value is -3.39. The van der Waals surface area contributed by atoms with Crippen molar-refractivity contribution in [3.63, 3.8) is 0 Å². The first-order valence-corrected chi connectivity index (χ1v) is 9.52. The number of hydrogen-bond donors (Lipinski definition) is 3. The van der Waals surface area contributed by atoms with Crippen LogP contribution in [0.4, 0.5) is 17.1 Å². The van der Waals surface area contributed by atoms with E-state index in [4.69, 9.17) is 4.42 Å². The fraction of sp³-hybridized carbons (Fsp3) is 0.318. The van der Waals surface area contributed by atoms with E-state index in [9.17, 15) is 19.5 Å². The van der Waals surface area contributed by atoms with Crippen LogP contribution in [0, 0.1) is 6.92 Å². The van der Waals surface area contributed by atoms with E-state index in [1.165, 1.54) is 12.1 Å². The van der Waals surface area contributed by atoms with Crippen LogP contribution in [0.2, 0.25) is 0 Å². The number of carbonyl (C=O) groups is 1. The van der Waals surface area contributed by atoms with Gasteiger partial charge in [-0.2, -0.15) is 0 Å². The molecule has 0 radical (unpaired) electrons. The SMILES string of the molecule is CC.CN(C)C.Cc1ccc(CNc2c(Nc3cccc(C=O)c3O)c(=O)c2=O)o1. The van der Waals surface area contributed by atoms with Crippen LogP contribution < -0.4 is 21.5 Å². The lowest BCUT2D eigenvalue weighted by atomic mass is 10.1. The highest BCUT2D eigenvalue weighted by atomic mass is 16.3. The van der Waals surface area contributed by atoms with Crippen molar-refractivity contribution in [2.24, 2.45) is 0 Å². The van der Waals surface area contributed by atoms with Crippen LogP contribution in [0.1, 0.15) is 35.7 Å². The number of nitrogens with one attached hydrogen (secondary N) is 2. The number of phenols is 1. The topological polar surface area (TPSA) is 112 Å². The summed E-state index contributed by atoms with van der Waals surface area (Å²) in [6, 6.07) is 8.05. The molecule has 1 aromatic heterocycles. The van der Waals surface area contributed by atoms with E-state index in [0.717, 1.165) is 5.76 Å². The average Bonchev–Trinajstić information content (AvgIpc) is 3.14. The summed E-state index contributed by atoms with van der Waals surface area (Å²) in [7, 11) is 6.00. The Morgan fingerprint density at radius 2 is 1.63 bits per heavy atom. The lowest BCUT2D eigenvalue weighted by Crippen LogP contribution is -2.36. The second-order valence-corrected chi connectivity index (χ2v) is 6.60. The molecule has 1 heterocycles. The predicted octanol–water partition coefficient (Wildman–Crippen LogP) is 3.26. The Morgan fingerprint density at radius 1 is 1.03 bits per heavy atom. The maximum Gasteiger partial charge on any atom is 0.253 e. The number of aryl methyl sites for hydroxylation is 1. The molecule has 0 aliphatic rings. The summed E-state index contributed by atoms with van der Waals surface area (Å²) in [5.74, 6) is 1.08. The molecule has 0 amide bonds. The Kier molecular flexibility index (Phi) is 9.51. The van der Waals surface area contributed by atoms with Gasteiger partial charge in [0.25, 0.3) is 10.9 Å². The van der Waals surface area contributed by atoms with E-state index >= 15 is 0 Å². The quantitative estimate of drug-likeness (QED) is 0.320. The molecule has 3 rings (SSSR count). The maximum atomic E-state index is 11.8. The molecule has 0 aliphatic heterocycles. The maximum absolute atomic E-state index is 11.8. The first-order valence-electron chi connectivity index (χ1n) is 9.52. The average molecular weight is 415 g/mol. The molecule has 2 aromatic carbocycles. The van der Waals surface area contributed by atoms with Gasteiger partial charge in [-0.1, -0.05) is 19.9 Å². The normalized spacial score (nSPS) is 9.97. The zero-order valence-corrected chi connectivity index (χ0v) is 18.2. The number of nitrogens with zero attached hydrogens (tertiary/aromatic N) is 1. The van der Waals surface area contributed by atoms with Crippen LogP contribution >= 0.6 is 0 Å². The molecule has 0 bridgehead atoms. The molecule has 0 atom stereocenters. The number of furan rings is 1. The zero-order valence-electron chi connectivity index (χ0n) is 18.2. The Labute approximate surface area is 175 Å². The molecule has 0 saturated carbocycles. The van der Waals surface area contributed by atoms with Gasteiger partial charge in [0.1, 0.15) is 28.6 Å². The van der Waals surface area contributed by atoms with Gasteiger partial charge >= 0.3 is 0 Å². The van der Waals surface area contributed by atoms with E-state index in [0.29, 0.717) is 12.0 Å². The molecule has 0 spiro atoms. The van der Waals surface area contributed by atoms with Crippen molar-refractivity contribution in [2.45, 2.75) is 27.3 Å². The Bertz CT molecular complexity index is 1030. The van der Waals surface area contributed by atoms with Gasteiger partial charge in [-0.05, 0) is 52.3 Å². The molecule has 3 N–H and O–H groups in total. The van der Waals surface area contributed by atoms with Gasteiger partial charge in [0.05, 0.1) is 17.8 Å². The van der Waals surface area contributed by atoms with Crippen LogP contribution in [0.15, 0.2) is 44.3 Å². The van der Waals surface area contributed by atoms with Gasteiger partial charge in [0.15, 0.2) is 6.29 Å². The van der Waals surface area contributed by atoms with E-state index in [1.54, 1.807) is 25.1 Å². The van der Waals surface area contributed by atoms with Crippen molar-refractivity contribution in [1.29, 1.82) is 0 Å². The Balaban J connectivity index is 0.000000673. The summed E-state index contributed by atoms with van der Waals surface area (Å²) < 4.78 is 5.39. The van der Waals surface area contributed by atoms with Gasteiger partial charge in [0, 0.05) is 0 Å². The molecule has 0 fully saturated rings. The first kappa shape index (κ1) is 24.6. The molecule has 8 heteroatoms. The third-order valence-corrected chi connectivity index (χ3v) is 3.60. The number of rotatable bonds is 6. The smallest absolute Gasteiger partial charge is 0.253 e. The van der Waals surface area contributed by atoms with Crippen LogP contribution in [0.25, 0.3) is 0 Å². The van der Waals surface area contributed by atoms with Crippen LogP contribution in [-0.4, -0.2) is 37.4 Å². The van der Waals surface area contributed by atoms with Crippen molar-refractivity contribution >= 4 is 23.3 Å². The third kappa shape index (κ3) is 6.31. The highest BCUT2D eigenvalue weighted by Gasteiger charge is 2.22. The number of benzene rings is 1. The minimum Gasteiger partial charge on any atom is -0.505 e. The monoisotopic (exact) mass is 415 g/mol. The molecule has 3 aromatic rings. The summed E-state index contributed by atoms with van der Waals surface area (Å²) in [6.07, 6.45) is 0.501. The third-order valence-electron chi connectivity index (χ3n) is 3.60. The Morgan fingerprint density at radius 3 is 2.17 bits per heavy atom. The number of carbonyl (C=O) groups excluding carboxylic acids is 1. The van der Waals surface area contributed by atoms with E-state index in [-0.39, 0.29) is 34.9 Å². The number of anilines is 3. The minimum absolute atomic E-state index is 0.0432. The minimum atomic E-state index is -0.691. The molecule has 0 saturated heterocycles. The fourth-order valence-corrected chi connectivity index (χ4v) is 2.33. The van der Waals surface area contributed by atoms with Crippen molar-refractivity contribution in [1.82, 2.24) is 4.90 Å². The summed E-state index contributed by atoms with van der Waals surface area (Å²) >= 11 is 0. The molecule has 8 nitrogen and oxygen atoms in total. The van der Waals surface area contributed by atoms with Crippen LogP contribution in [0.3, 0.4) is 0 Å². The molecule has 162 valence electrons. The van der Waals surface area contributed by atoms with Crippen molar-refractivity contribution < 1.29 is 14.3 Å². The molecule has 0 unspecified atom stereocenters. The molecular weight excluding hydrogens is 386 g/mol. The van der Waals surface area contributed by atoms with E-state index < -0.39 is 10.9 Å². The summed E-state index contributed by atoms with van der Waals surface area (Å²) in [5, 5.41) is 15.5. The lowest BCUT2D eigenvalue weighted by Gasteiger charge is -2.15. The zero-order chi connectivity index (χ0) is 22.8. The number of para-hydroxylation sites is 1. The highest BCUT2D eigenvalue weighted by Crippen LogP contribution is 2.30. The van der Waals surface area contributed by atoms with E-state index in [1.807, 2.05) is 39.9 Å².